The zero-order valence-corrected chi connectivity index (χ0v) is 30.1. The summed E-state index contributed by atoms with van der Waals surface area (Å²) in [5, 5.41) is 47.0. The fraction of sp³-hybridized carbons (Fsp3) is 0.419. The van der Waals surface area contributed by atoms with Crippen LogP contribution < -0.4 is 0 Å². The Hall–Kier alpha value is -4.49. The number of phenolic OH excluding ortho intramolecular Hbond substituents is 1. The van der Waals surface area contributed by atoms with Gasteiger partial charge in [0, 0.05) is 22.3 Å². The lowest BCUT2D eigenvalue weighted by Gasteiger charge is -2.59. The van der Waals surface area contributed by atoms with Crippen molar-refractivity contribution in [2.45, 2.75) is 92.6 Å². The highest BCUT2D eigenvalue weighted by atomic mass is 16.3. The number of carbonyl (C=O) groups excluding carboxylic acids is 3. The van der Waals surface area contributed by atoms with Crippen molar-refractivity contribution in [3.63, 3.8) is 0 Å². The zero-order chi connectivity index (χ0) is 36.5. The van der Waals surface area contributed by atoms with Gasteiger partial charge in [0.2, 0.25) is 5.78 Å². The minimum Gasteiger partial charge on any atom is -0.511 e. The Morgan fingerprint density at radius 3 is 2.24 bits per heavy atom. The number of rotatable bonds is 8. The summed E-state index contributed by atoms with van der Waals surface area (Å²) in [6, 6.07) is 18.3. The number of benzene rings is 3. The highest BCUT2D eigenvalue weighted by Gasteiger charge is 2.71. The van der Waals surface area contributed by atoms with Crippen molar-refractivity contribution >= 4 is 17.3 Å². The molecule has 1 unspecified atom stereocenters. The maximum absolute atomic E-state index is 14.6. The van der Waals surface area contributed by atoms with Gasteiger partial charge >= 0.3 is 0 Å². The Kier molecular flexibility index (Phi) is 8.75. The van der Waals surface area contributed by atoms with Gasteiger partial charge < -0.3 is 20.4 Å². The molecule has 6 rings (SSSR count). The molecule has 3 aliphatic rings. The third kappa shape index (κ3) is 5.15. The lowest BCUT2D eigenvalue weighted by molar-refractivity contribution is -0.171. The van der Waals surface area contributed by atoms with Gasteiger partial charge in [-0.1, -0.05) is 88.7 Å². The van der Waals surface area contributed by atoms with Crippen molar-refractivity contribution in [3.05, 3.63) is 111 Å². The quantitative estimate of drug-likeness (QED) is 0.178. The largest absolute Gasteiger partial charge is 0.511 e. The Balaban J connectivity index is 1.48. The van der Waals surface area contributed by atoms with Crippen LogP contribution in [0.2, 0.25) is 0 Å². The number of hydrogen-bond donors (Lipinski definition) is 4. The number of aromatic hydroxyl groups is 1. The van der Waals surface area contributed by atoms with E-state index in [-0.39, 0.29) is 35.6 Å². The molecule has 3 aromatic carbocycles. The van der Waals surface area contributed by atoms with Crippen LogP contribution in [0.25, 0.3) is 11.1 Å². The average Bonchev–Trinajstić information content (AvgIpc) is 3.02. The van der Waals surface area contributed by atoms with Gasteiger partial charge in [0.05, 0.1) is 5.56 Å². The number of Topliss-reactive ketones (excluding diaryl/α,β-unsaturated/α-hetero) is 3. The molecule has 0 heterocycles. The van der Waals surface area contributed by atoms with Crippen LogP contribution in [0.1, 0.15) is 92.6 Å². The van der Waals surface area contributed by atoms with Crippen molar-refractivity contribution in [3.8, 4) is 16.9 Å². The van der Waals surface area contributed by atoms with E-state index in [2.05, 4.69) is 56.3 Å². The van der Waals surface area contributed by atoms with Crippen molar-refractivity contribution in [1.29, 1.82) is 0 Å². The molecule has 0 saturated heterocycles. The second kappa shape index (κ2) is 12.4. The number of ketones is 3. The van der Waals surface area contributed by atoms with Gasteiger partial charge in [0.25, 0.3) is 0 Å². The number of aliphatic hydroxyl groups excluding tert-OH is 2. The number of allylic oxidation sites excluding steroid dienone is 2. The molecule has 0 bridgehead atoms. The van der Waals surface area contributed by atoms with E-state index in [0.717, 1.165) is 54.9 Å². The molecule has 3 aliphatic carbocycles. The summed E-state index contributed by atoms with van der Waals surface area (Å²) in [5.74, 6) is -5.15. The SMILES string of the molecule is CCc1ccc(CCCc2cccc(C)c2)cc1-c1ccc(O)c2c1C[C@]1(C)C[C@]3(C)C(C(C)C)C(O)=C(C(C)=O)C(=O)[C@]3(O)C(O)=C1C2=O. The minimum atomic E-state index is -2.63. The smallest absolute Gasteiger partial charge is 0.209 e. The molecule has 50 heavy (non-hydrogen) atoms. The second-order valence-electron chi connectivity index (χ2n) is 15.6. The van der Waals surface area contributed by atoms with E-state index < -0.39 is 56.8 Å². The molecule has 4 N–H and O–H groups in total. The molecule has 0 radical (unpaired) electrons. The summed E-state index contributed by atoms with van der Waals surface area (Å²) in [6.45, 7) is 12.5. The molecular formula is C43H48O7. The Bertz CT molecular complexity index is 2010. The van der Waals surface area contributed by atoms with Gasteiger partial charge in [-0.05, 0) is 97.7 Å². The van der Waals surface area contributed by atoms with Gasteiger partial charge in [-0.2, -0.15) is 0 Å². The highest BCUT2D eigenvalue weighted by Crippen LogP contribution is 2.65. The minimum absolute atomic E-state index is 0.0366. The van der Waals surface area contributed by atoms with Crippen molar-refractivity contribution in [1.82, 2.24) is 0 Å². The summed E-state index contributed by atoms with van der Waals surface area (Å²) in [7, 11) is 0. The predicted octanol–water partition coefficient (Wildman–Crippen LogP) is 8.06. The molecule has 0 aliphatic heterocycles. The first-order valence-corrected chi connectivity index (χ1v) is 17.7. The number of phenols is 1. The van der Waals surface area contributed by atoms with Crippen LogP contribution >= 0.6 is 0 Å². The number of aryl methyl sites for hydroxylation is 4. The van der Waals surface area contributed by atoms with E-state index in [1.54, 1.807) is 6.92 Å². The molecule has 4 atom stereocenters. The van der Waals surface area contributed by atoms with E-state index >= 15 is 0 Å². The average molecular weight is 677 g/mol. The van der Waals surface area contributed by atoms with Gasteiger partial charge in [0.15, 0.2) is 17.2 Å². The zero-order valence-electron chi connectivity index (χ0n) is 30.1. The van der Waals surface area contributed by atoms with Crippen LogP contribution in [0, 0.1) is 29.6 Å². The van der Waals surface area contributed by atoms with E-state index in [1.165, 1.54) is 17.2 Å². The monoisotopic (exact) mass is 676 g/mol. The van der Waals surface area contributed by atoms with Gasteiger partial charge in [-0.3, -0.25) is 14.4 Å². The third-order valence-corrected chi connectivity index (χ3v) is 11.7. The Morgan fingerprint density at radius 2 is 1.62 bits per heavy atom. The first-order chi connectivity index (χ1) is 23.5. The lowest BCUT2D eigenvalue weighted by Crippen LogP contribution is -2.67. The van der Waals surface area contributed by atoms with E-state index in [0.29, 0.717) is 5.56 Å². The maximum Gasteiger partial charge on any atom is 0.209 e. The normalized spacial score (nSPS) is 26.2. The van der Waals surface area contributed by atoms with E-state index in [1.807, 2.05) is 26.8 Å². The molecule has 0 saturated carbocycles. The molecule has 262 valence electrons. The van der Waals surface area contributed by atoms with Crippen LogP contribution in [0.15, 0.2) is 77.3 Å². The third-order valence-electron chi connectivity index (χ3n) is 11.7. The molecule has 0 fully saturated rings. The topological polar surface area (TPSA) is 132 Å². The standard InChI is InChI=1S/C43H48O7/c1-8-28-16-15-27(14-10-13-26-12-9-11-24(4)19-26)20-30(28)29-17-18-32(45)34-31(29)21-41(6)22-42(7)35(23(2)3)37(46)33(25(5)44)39(48)43(42,50)40(49)36(41)38(34)47/h9,11-12,15-20,23,35,45-46,49-50H,8,10,13-14,21-22H2,1-7H3/t35?,41-,42-,43+/m1/s1. The lowest BCUT2D eigenvalue weighted by atomic mass is 9.44. The molecule has 3 aromatic rings. The summed E-state index contributed by atoms with van der Waals surface area (Å²) >= 11 is 0. The summed E-state index contributed by atoms with van der Waals surface area (Å²) in [6.07, 6.45) is 3.82. The van der Waals surface area contributed by atoms with Gasteiger partial charge in [-0.15, -0.1) is 0 Å². The molecule has 7 nitrogen and oxygen atoms in total. The fourth-order valence-electron chi connectivity index (χ4n) is 9.69. The van der Waals surface area contributed by atoms with Crippen LogP contribution in [-0.2, 0) is 35.3 Å². The fourth-order valence-corrected chi connectivity index (χ4v) is 9.69. The number of carbonyl (C=O) groups is 3. The molecule has 0 amide bonds. The van der Waals surface area contributed by atoms with Crippen molar-refractivity contribution in [2.75, 3.05) is 0 Å². The van der Waals surface area contributed by atoms with Gasteiger partial charge in [0.1, 0.15) is 22.8 Å². The van der Waals surface area contributed by atoms with Crippen LogP contribution in [0.3, 0.4) is 0 Å². The molecule has 7 heteroatoms. The second-order valence-corrected chi connectivity index (χ2v) is 15.6. The molecule has 0 spiro atoms. The summed E-state index contributed by atoms with van der Waals surface area (Å²) in [5.41, 5.74) is 1.38. The van der Waals surface area contributed by atoms with Crippen LogP contribution in [0.4, 0.5) is 0 Å². The van der Waals surface area contributed by atoms with Crippen LogP contribution in [-0.4, -0.2) is 43.4 Å². The highest BCUT2D eigenvalue weighted by molar-refractivity contribution is 6.25. The molecular weight excluding hydrogens is 628 g/mol. The van der Waals surface area contributed by atoms with Crippen LogP contribution in [0.5, 0.6) is 5.75 Å². The maximum atomic E-state index is 14.6. The van der Waals surface area contributed by atoms with Gasteiger partial charge in [-0.25, -0.2) is 0 Å². The van der Waals surface area contributed by atoms with Crippen molar-refractivity contribution < 1.29 is 34.8 Å². The Labute approximate surface area is 294 Å². The number of aliphatic hydroxyl groups is 3. The van der Waals surface area contributed by atoms with E-state index in [9.17, 15) is 34.8 Å². The van der Waals surface area contributed by atoms with E-state index in [4.69, 9.17) is 0 Å². The number of hydrogen-bond acceptors (Lipinski definition) is 7. The van der Waals surface area contributed by atoms with Crippen molar-refractivity contribution in [2.24, 2.45) is 22.7 Å². The Morgan fingerprint density at radius 1 is 0.940 bits per heavy atom. The first-order valence-electron chi connectivity index (χ1n) is 17.7. The summed E-state index contributed by atoms with van der Waals surface area (Å²) in [4.78, 5) is 41.2. The first kappa shape index (κ1) is 35.3. The number of fused-ring (bicyclic) bond motifs is 3. The predicted molar refractivity (Wildman–Crippen MR) is 193 cm³/mol. The molecule has 0 aromatic heterocycles. The summed E-state index contributed by atoms with van der Waals surface area (Å²) < 4.78 is 0.